The standard InChI is InChI=1S/C20H20N2O/c21-14-20(15-23-13-16-7-2-1-3-8-16)17-9-4-5-10-18(17)22-12-6-11-19(20)22/h1-5,7-10,19H,6,11-13,15H2/t19-,20+/m1/s1. The van der Waals surface area contributed by atoms with E-state index in [0.29, 0.717) is 13.2 Å². The summed E-state index contributed by atoms with van der Waals surface area (Å²) < 4.78 is 6.01. The Balaban J connectivity index is 1.60. The summed E-state index contributed by atoms with van der Waals surface area (Å²) in [6.07, 6.45) is 2.22. The van der Waals surface area contributed by atoms with Crippen LogP contribution in [-0.2, 0) is 16.8 Å². The predicted octanol–water partition coefficient (Wildman–Crippen LogP) is 3.65. The lowest BCUT2D eigenvalue weighted by molar-refractivity contribution is 0.0831. The number of para-hydroxylation sites is 1. The van der Waals surface area contributed by atoms with Crippen LogP contribution >= 0.6 is 0 Å². The van der Waals surface area contributed by atoms with E-state index >= 15 is 0 Å². The molecule has 23 heavy (non-hydrogen) atoms. The first kappa shape index (κ1) is 14.3. The molecule has 116 valence electrons. The van der Waals surface area contributed by atoms with E-state index in [-0.39, 0.29) is 6.04 Å². The first-order chi connectivity index (χ1) is 11.3. The van der Waals surface area contributed by atoms with Crippen LogP contribution in [0.5, 0.6) is 0 Å². The molecule has 3 nitrogen and oxygen atoms in total. The molecule has 2 aromatic rings. The molecule has 0 unspecified atom stereocenters. The van der Waals surface area contributed by atoms with Gasteiger partial charge in [-0.05, 0) is 24.5 Å². The van der Waals surface area contributed by atoms with E-state index in [1.807, 2.05) is 24.3 Å². The molecule has 2 aromatic carbocycles. The van der Waals surface area contributed by atoms with E-state index in [4.69, 9.17) is 4.74 Å². The van der Waals surface area contributed by atoms with Crippen LogP contribution in [0.1, 0.15) is 24.0 Å². The van der Waals surface area contributed by atoms with Gasteiger partial charge in [-0.1, -0.05) is 48.5 Å². The third-order valence-electron chi connectivity index (χ3n) is 5.16. The van der Waals surface area contributed by atoms with Gasteiger partial charge in [0.2, 0.25) is 0 Å². The fourth-order valence-electron chi connectivity index (χ4n) is 4.09. The Bertz CT molecular complexity index is 737. The molecule has 4 rings (SSSR count). The van der Waals surface area contributed by atoms with Gasteiger partial charge in [-0.15, -0.1) is 0 Å². The van der Waals surface area contributed by atoms with Crippen LogP contribution in [0.2, 0.25) is 0 Å². The lowest BCUT2D eigenvalue weighted by atomic mass is 9.77. The Kier molecular flexibility index (Phi) is 3.55. The summed E-state index contributed by atoms with van der Waals surface area (Å²) in [4.78, 5) is 2.41. The van der Waals surface area contributed by atoms with Gasteiger partial charge >= 0.3 is 0 Å². The largest absolute Gasteiger partial charge is 0.375 e. The Labute approximate surface area is 137 Å². The van der Waals surface area contributed by atoms with E-state index in [1.165, 1.54) is 5.69 Å². The minimum atomic E-state index is -0.540. The van der Waals surface area contributed by atoms with E-state index in [2.05, 4.69) is 41.3 Å². The van der Waals surface area contributed by atoms with Crippen molar-refractivity contribution < 1.29 is 4.74 Å². The third-order valence-corrected chi connectivity index (χ3v) is 5.16. The second-order valence-electron chi connectivity index (χ2n) is 6.43. The number of anilines is 1. The minimum Gasteiger partial charge on any atom is -0.375 e. The molecule has 2 heterocycles. The van der Waals surface area contributed by atoms with Gasteiger partial charge in [0.1, 0.15) is 5.41 Å². The molecule has 2 aliphatic rings. The zero-order valence-electron chi connectivity index (χ0n) is 13.1. The van der Waals surface area contributed by atoms with Gasteiger partial charge < -0.3 is 9.64 Å². The smallest absolute Gasteiger partial charge is 0.128 e. The first-order valence-electron chi connectivity index (χ1n) is 8.24. The van der Waals surface area contributed by atoms with Crippen molar-refractivity contribution in [2.75, 3.05) is 18.1 Å². The SMILES string of the molecule is N#C[C@]1(COCc2ccccc2)c2ccccc2N2CCC[C@@H]21. The lowest BCUT2D eigenvalue weighted by Gasteiger charge is -2.29. The summed E-state index contributed by atoms with van der Waals surface area (Å²) in [5.74, 6) is 0. The van der Waals surface area contributed by atoms with Crippen molar-refractivity contribution in [2.45, 2.75) is 30.9 Å². The monoisotopic (exact) mass is 304 g/mol. The number of nitrogens with zero attached hydrogens (tertiary/aromatic N) is 2. The van der Waals surface area contributed by atoms with Crippen LogP contribution in [0.4, 0.5) is 5.69 Å². The zero-order valence-corrected chi connectivity index (χ0v) is 13.1. The van der Waals surface area contributed by atoms with Gasteiger partial charge in [0.25, 0.3) is 0 Å². The molecule has 2 aliphatic heterocycles. The molecular weight excluding hydrogens is 284 g/mol. The maximum absolute atomic E-state index is 10.1. The third kappa shape index (κ3) is 2.22. The molecule has 1 fully saturated rings. The molecule has 3 heteroatoms. The highest BCUT2D eigenvalue weighted by molar-refractivity contribution is 5.67. The molecular formula is C20H20N2O. The van der Waals surface area contributed by atoms with Crippen LogP contribution in [0.15, 0.2) is 54.6 Å². The van der Waals surface area contributed by atoms with Gasteiger partial charge in [0, 0.05) is 17.8 Å². The number of rotatable bonds is 4. The average molecular weight is 304 g/mol. The second-order valence-corrected chi connectivity index (χ2v) is 6.43. The van der Waals surface area contributed by atoms with Crippen LogP contribution in [0.25, 0.3) is 0 Å². The molecule has 0 N–H and O–H groups in total. The minimum absolute atomic E-state index is 0.251. The van der Waals surface area contributed by atoms with Crippen molar-refractivity contribution >= 4 is 5.69 Å². The molecule has 0 aliphatic carbocycles. The Morgan fingerprint density at radius 3 is 2.74 bits per heavy atom. The van der Waals surface area contributed by atoms with Crippen LogP contribution < -0.4 is 4.90 Å². The summed E-state index contributed by atoms with van der Waals surface area (Å²) >= 11 is 0. The molecule has 0 spiro atoms. The van der Waals surface area contributed by atoms with Gasteiger partial charge in [0.05, 0.1) is 25.3 Å². The number of hydrogen-bond acceptors (Lipinski definition) is 3. The maximum atomic E-state index is 10.1. The van der Waals surface area contributed by atoms with Crippen molar-refractivity contribution in [3.05, 3.63) is 65.7 Å². The summed E-state index contributed by atoms with van der Waals surface area (Å²) in [7, 11) is 0. The molecule has 0 bridgehead atoms. The van der Waals surface area contributed by atoms with Crippen LogP contribution in [0, 0.1) is 11.3 Å². The zero-order chi connectivity index (χ0) is 15.7. The summed E-state index contributed by atoms with van der Waals surface area (Å²) in [5, 5.41) is 10.1. The van der Waals surface area contributed by atoms with Crippen molar-refractivity contribution in [3.63, 3.8) is 0 Å². The fraction of sp³-hybridized carbons (Fsp3) is 0.350. The number of benzene rings is 2. The van der Waals surface area contributed by atoms with Gasteiger partial charge in [-0.2, -0.15) is 5.26 Å². The highest BCUT2D eigenvalue weighted by Crippen LogP contribution is 2.49. The van der Waals surface area contributed by atoms with Gasteiger partial charge in [-0.3, -0.25) is 0 Å². The number of hydrogen-bond donors (Lipinski definition) is 0. The Hall–Kier alpha value is -2.31. The topological polar surface area (TPSA) is 36.3 Å². The van der Waals surface area contributed by atoms with E-state index in [9.17, 15) is 5.26 Å². The molecule has 0 amide bonds. The van der Waals surface area contributed by atoms with E-state index in [0.717, 1.165) is 30.5 Å². The normalized spacial score (nSPS) is 25.0. The quantitative estimate of drug-likeness (QED) is 0.865. The van der Waals surface area contributed by atoms with E-state index < -0.39 is 5.41 Å². The Morgan fingerprint density at radius 2 is 1.91 bits per heavy atom. The highest BCUT2D eigenvalue weighted by Gasteiger charge is 2.53. The Morgan fingerprint density at radius 1 is 1.13 bits per heavy atom. The van der Waals surface area contributed by atoms with Crippen molar-refractivity contribution in [1.82, 2.24) is 0 Å². The van der Waals surface area contributed by atoms with Gasteiger partial charge in [0.15, 0.2) is 0 Å². The fourth-order valence-corrected chi connectivity index (χ4v) is 4.09. The predicted molar refractivity (Wildman–Crippen MR) is 90.2 cm³/mol. The van der Waals surface area contributed by atoms with Crippen LogP contribution in [-0.4, -0.2) is 19.2 Å². The van der Waals surface area contributed by atoms with Crippen molar-refractivity contribution in [1.29, 1.82) is 5.26 Å². The summed E-state index contributed by atoms with van der Waals surface area (Å²) in [5.41, 5.74) is 2.97. The maximum Gasteiger partial charge on any atom is 0.128 e. The molecule has 0 aromatic heterocycles. The number of ether oxygens (including phenoxy) is 1. The second kappa shape index (κ2) is 5.72. The number of fused-ring (bicyclic) bond motifs is 3. The number of nitriles is 1. The van der Waals surface area contributed by atoms with E-state index in [1.54, 1.807) is 0 Å². The highest BCUT2D eigenvalue weighted by atomic mass is 16.5. The lowest BCUT2D eigenvalue weighted by Crippen LogP contribution is -2.43. The molecule has 1 saturated heterocycles. The van der Waals surface area contributed by atoms with Crippen molar-refractivity contribution in [2.24, 2.45) is 0 Å². The molecule has 0 saturated carbocycles. The van der Waals surface area contributed by atoms with Crippen LogP contribution in [0.3, 0.4) is 0 Å². The molecule has 2 atom stereocenters. The molecule has 0 radical (unpaired) electrons. The summed E-state index contributed by atoms with van der Waals surface area (Å²) in [6, 6.07) is 21.4. The van der Waals surface area contributed by atoms with Crippen molar-refractivity contribution in [3.8, 4) is 6.07 Å². The average Bonchev–Trinajstić information content (AvgIpc) is 3.18. The first-order valence-corrected chi connectivity index (χ1v) is 8.24. The van der Waals surface area contributed by atoms with Gasteiger partial charge in [-0.25, -0.2) is 0 Å². The summed E-state index contributed by atoms with van der Waals surface area (Å²) in [6.45, 7) is 2.06.